The summed E-state index contributed by atoms with van der Waals surface area (Å²) in [4.78, 5) is 16.8. The first-order valence-electron chi connectivity index (χ1n) is 10.8. The third-order valence-electron chi connectivity index (χ3n) is 6.31. The molecular formula is C24H26FN3OS. The fourth-order valence-corrected chi connectivity index (χ4v) is 6.19. The number of amides is 2. The largest absolute Gasteiger partial charge is 0.334 e. The standard InChI is InChI=1S/C24H26FN3OS/c1-2-20-21-7-5-13-27(21)23-19(18-6-3-4-8-22(18)30-23)15-28(20)24(29)26-14-16-9-11-17(25)12-10-16/h5,7,9-13,20H,2-4,6,8,14-15H2,1H3,(H,26,29)/t20-/m1/s1. The lowest BCUT2D eigenvalue weighted by Crippen LogP contribution is -2.41. The first kappa shape index (κ1) is 19.4. The number of rotatable bonds is 3. The van der Waals surface area contributed by atoms with E-state index in [1.165, 1.54) is 51.7 Å². The number of aromatic nitrogens is 1. The maximum atomic E-state index is 13.3. The minimum Gasteiger partial charge on any atom is -0.334 e. The summed E-state index contributed by atoms with van der Waals surface area (Å²) in [5, 5.41) is 4.35. The highest BCUT2D eigenvalue weighted by atomic mass is 32.1. The molecule has 0 radical (unpaired) electrons. The highest BCUT2D eigenvalue weighted by molar-refractivity contribution is 7.15. The van der Waals surface area contributed by atoms with E-state index in [1.54, 1.807) is 12.1 Å². The zero-order chi connectivity index (χ0) is 20.7. The summed E-state index contributed by atoms with van der Waals surface area (Å²) in [5.41, 5.74) is 4.85. The molecule has 4 nitrogen and oxygen atoms in total. The van der Waals surface area contributed by atoms with Crippen LogP contribution in [0.3, 0.4) is 0 Å². The molecule has 1 atom stereocenters. The van der Waals surface area contributed by atoms with Crippen LogP contribution in [0, 0.1) is 5.82 Å². The highest BCUT2D eigenvalue weighted by Crippen LogP contribution is 2.42. The van der Waals surface area contributed by atoms with E-state index in [9.17, 15) is 9.18 Å². The third-order valence-corrected chi connectivity index (χ3v) is 7.64. The Morgan fingerprint density at radius 1 is 1.17 bits per heavy atom. The van der Waals surface area contributed by atoms with Gasteiger partial charge in [0.1, 0.15) is 10.8 Å². The molecular weight excluding hydrogens is 397 g/mol. The second kappa shape index (κ2) is 7.91. The molecule has 6 heteroatoms. The van der Waals surface area contributed by atoms with Crippen LogP contribution in [0.4, 0.5) is 9.18 Å². The van der Waals surface area contributed by atoms with Crippen LogP contribution < -0.4 is 5.32 Å². The Bertz CT molecular complexity index is 1070. The van der Waals surface area contributed by atoms with Crippen molar-refractivity contribution < 1.29 is 9.18 Å². The van der Waals surface area contributed by atoms with Gasteiger partial charge in [0.15, 0.2) is 0 Å². The van der Waals surface area contributed by atoms with Crippen LogP contribution in [0.2, 0.25) is 0 Å². The number of carbonyl (C=O) groups is 1. The normalized spacial score (nSPS) is 17.7. The van der Waals surface area contributed by atoms with Crippen molar-refractivity contribution in [3.63, 3.8) is 0 Å². The number of benzene rings is 1. The summed E-state index contributed by atoms with van der Waals surface area (Å²) < 4.78 is 15.5. The summed E-state index contributed by atoms with van der Waals surface area (Å²) in [6.07, 6.45) is 7.73. The molecule has 0 spiro atoms. The number of fused-ring (bicyclic) bond motifs is 5. The fourth-order valence-electron chi connectivity index (χ4n) is 4.79. The predicted molar refractivity (Wildman–Crippen MR) is 117 cm³/mol. The van der Waals surface area contributed by atoms with E-state index in [4.69, 9.17) is 0 Å². The van der Waals surface area contributed by atoms with Crippen molar-refractivity contribution in [3.05, 3.63) is 75.7 Å². The molecule has 2 amide bonds. The van der Waals surface area contributed by atoms with Crippen LogP contribution in [-0.4, -0.2) is 15.5 Å². The molecule has 5 rings (SSSR count). The average Bonchev–Trinajstić information content (AvgIpc) is 3.35. The molecule has 0 saturated heterocycles. The molecule has 3 aromatic rings. The Hall–Kier alpha value is -2.60. The van der Waals surface area contributed by atoms with E-state index in [0.717, 1.165) is 24.8 Å². The van der Waals surface area contributed by atoms with E-state index >= 15 is 0 Å². The number of nitrogens with zero attached hydrogens (tertiary/aromatic N) is 2. The molecule has 3 heterocycles. The fraction of sp³-hybridized carbons (Fsp3) is 0.375. The number of halogens is 1. The van der Waals surface area contributed by atoms with Crippen molar-refractivity contribution in [2.75, 3.05) is 0 Å². The van der Waals surface area contributed by atoms with Crippen molar-refractivity contribution in [1.29, 1.82) is 0 Å². The van der Waals surface area contributed by atoms with Gasteiger partial charge in [0.05, 0.1) is 12.6 Å². The number of aryl methyl sites for hydroxylation is 1. The van der Waals surface area contributed by atoms with E-state index in [0.29, 0.717) is 13.1 Å². The van der Waals surface area contributed by atoms with Gasteiger partial charge in [0.2, 0.25) is 0 Å². The lowest BCUT2D eigenvalue weighted by Gasteiger charge is -2.30. The van der Waals surface area contributed by atoms with Gasteiger partial charge in [-0.2, -0.15) is 0 Å². The quantitative estimate of drug-likeness (QED) is 0.574. The predicted octanol–water partition coefficient (Wildman–Crippen LogP) is 5.73. The Kier molecular flexibility index (Phi) is 5.11. The maximum absolute atomic E-state index is 13.3. The van der Waals surface area contributed by atoms with Gasteiger partial charge in [-0.05, 0) is 67.5 Å². The molecule has 2 aliphatic rings. The molecule has 1 aromatic carbocycles. The molecule has 2 aromatic heterocycles. The lowest BCUT2D eigenvalue weighted by atomic mass is 9.95. The maximum Gasteiger partial charge on any atom is 0.318 e. The van der Waals surface area contributed by atoms with E-state index in [2.05, 4.69) is 35.1 Å². The summed E-state index contributed by atoms with van der Waals surface area (Å²) in [7, 11) is 0. The zero-order valence-corrected chi connectivity index (χ0v) is 18.0. The molecule has 1 N–H and O–H groups in total. The van der Waals surface area contributed by atoms with Crippen LogP contribution in [0.15, 0.2) is 42.6 Å². The van der Waals surface area contributed by atoms with Crippen molar-refractivity contribution in [2.45, 2.75) is 58.2 Å². The number of carbonyl (C=O) groups excluding carboxylic acids is 1. The van der Waals surface area contributed by atoms with Crippen molar-refractivity contribution >= 4 is 17.4 Å². The zero-order valence-electron chi connectivity index (χ0n) is 17.2. The van der Waals surface area contributed by atoms with Gasteiger partial charge in [-0.1, -0.05) is 19.1 Å². The van der Waals surface area contributed by atoms with Gasteiger partial charge >= 0.3 is 6.03 Å². The summed E-state index contributed by atoms with van der Waals surface area (Å²) in [6.45, 7) is 3.16. The molecule has 0 saturated carbocycles. The average molecular weight is 424 g/mol. The van der Waals surface area contributed by atoms with Crippen molar-refractivity contribution in [3.8, 4) is 5.00 Å². The monoisotopic (exact) mass is 423 g/mol. The number of urea groups is 1. The Morgan fingerprint density at radius 3 is 2.77 bits per heavy atom. The number of hydrogen-bond donors (Lipinski definition) is 1. The van der Waals surface area contributed by atoms with Crippen LogP contribution in [0.25, 0.3) is 5.00 Å². The van der Waals surface area contributed by atoms with Crippen molar-refractivity contribution in [1.82, 2.24) is 14.8 Å². The van der Waals surface area contributed by atoms with Gasteiger partial charge in [0.25, 0.3) is 0 Å². The molecule has 0 fully saturated rings. The summed E-state index contributed by atoms with van der Waals surface area (Å²) >= 11 is 1.91. The Balaban J connectivity index is 1.48. The molecule has 30 heavy (non-hydrogen) atoms. The topological polar surface area (TPSA) is 37.3 Å². The third kappa shape index (κ3) is 3.33. The van der Waals surface area contributed by atoms with E-state index in [-0.39, 0.29) is 17.9 Å². The minimum absolute atomic E-state index is 0.0204. The Labute approximate surface area is 180 Å². The van der Waals surface area contributed by atoms with Gasteiger partial charge in [0, 0.05) is 28.9 Å². The van der Waals surface area contributed by atoms with Crippen LogP contribution >= 0.6 is 11.3 Å². The highest BCUT2D eigenvalue weighted by Gasteiger charge is 2.34. The molecule has 156 valence electrons. The molecule has 0 unspecified atom stereocenters. The number of nitrogens with one attached hydrogen (secondary N) is 1. The minimum atomic E-state index is -0.265. The molecule has 0 bridgehead atoms. The van der Waals surface area contributed by atoms with Gasteiger partial charge in [-0.3, -0.25) is 0 Å². The second-order valence-electron chi connectivity index (χ2n) is 8.13. The van der Waals surface area contributed by atoms with Crippen LogP contribution in [0.1, 0.15) is 59.5 Å². The Morgan fingerprint density at radius 2 is 1.97 bits per heavy atom. The van der Waals surface area contributed by atoms with Crippen LogP contribution in [-0.2, 0) is 25.9 Å². The van der Waals surface area contributed by atoms with Crippen molar-refractivity contribution in [2.24, 2.45) is 0 Å². The van der Waals surface area contributed by atoms with E-state index < -0.39 is 0 Å². The van der Waals surface area contributed by atoms with Gasteiger partial charge in [-0.15, -0.1) is 11.3 Å². The SMILES string of the molecule is CC[C@@H]1c2cccn2-c2sc3c(c2CN1C(=O)NCc1ccc(F)cc1)CCCC3. The summed E-state index contributed by atoms with van der Waals surface area (Å²) in [5.74, 6) is -0.265. The molecule has 1 aliphatic heterocycles. The first-order chi connectivity index (χ1) is 14.7. The lowest BCUT2D eigenvalue weighted by molar-refractivity contribution is 0.167. The van der Waals surface area contributed by atoms with Gasteiger partial charge in [-0.25, -0.2) is 9.18 Å². The van der Waals surface area contributed by atoms with Gasteiger partial charge < -0.3 is 14.8 Å². The first-order valence-corrected chi connectivity index (χ1v) is 11.6. The number of hydrogen-bond acceptors (Lipinski definition) is 2. The summed E-state index contributed by atoms with van der Waals surface area (Å²) in [6, 6.07) is 10.5. The molecule has 1 aliphatic carbocycles. The number of thiophene rings is 1. The van der Waals surface area contributed by atoms with E-state index in [1.807, 2.05) is 16.2 Å². The second-order valence-corrected chi connectivity index (χ2v) is 9.22. The van der Waals surface area contributed by atoms with Crippen LogP contribution in [0.5, 0.6) is 0 Å². The smallest absolute Gasteiger partial charge is 0.318 e.